The van der Waals surface area contributed by atoms with Crippen LogP contribution in [0.5, 0.6) is 0 Å². The average Bonchev–Trinajstić information content (AvgIpc) is 3.21. The Morgan fingerprint density at radius 2 is 2.29 bits per heavy atom. The van der Waals surface area contributed by atoms with E-state index in [9.17, 15) is 0 Å². The highest BCUT2D eigenvalue weighted by molar-refractivity contribution is 7.19. The molecule has 21 heavy (non-hydrogen) atoms. The first-order chi connectivity index (χ1) is 10.2. The third kappa shape index (κ3) is 2.14. The van der Waals surface area contributed by atoms with Gasteiger partial charge in [0.05, 0.1) is 0 Å². The van der Waals surface area contributed by atoms with Crippen molar-refractivity contribution in [3.05, 3.63) is 17.7 Å². The number of hydrogen-bond donors (Lipinski definition) is 0. The van der Waals surface area contributed by atoms with Crippen LogP contribution >= 0.6 is 11.3 Å². The zero-order chi connectivity index (χ0) is 14.4. The Kier molecular flexibility index (Phi) is 3.00. The molecule has 0 aliphatic carbocycles. The van der Waals surface area contributed by atoms with Crippen LogP contribution in [0.4, 0.5) is 0 Å². The lowest BCUT2D eigenvalue weighted by atomic mass is 10.1. The Bertz CT molecular complexity index is 769. The molecule has 1 saturated heterocycles. The number of rotatable bonds is 3. The molecule has 3 aromatic rings. The van der Waals surface area contributed by atoms with E-state index in [1.807, 2.05) is 6.07 Å². The van der Waals surface area contributed by atoms with Gasteiger partial charge in [-0.05, 0) is 12.8 Å². The minimum atomic E-state index is -0.00140. The Labute approximate surface area is 124 Å². The average molecular weight is 305 g/mol. The Balaban J connectivity index is 1.73. The largest absolute Gasteiger partial charge is 0.370 e. The minimum absolute atomic E-state index is 0.00140. The van der Waals surface area contributed by atoms with Crippen molar-refractivity contribution in [2.45, 2.75) is 38.7 Å². The van der Waals surface area contributed by atoms with Gasteiger partial charge in [-0.3, -0.25) is 0 Å². The van der Waals surface area contributed by atoms with Gasteiger partial charge in [-0.2, -0.15) is 9.61 Å². The number of fused-ring (bicyclic) bond motifs is 1. The highest BCUT2D eigenvalue weighted by Crippen LogP contribution is 2.31. The number of ether oxygens (including phenoxy) is 1. The van der Waals surface area contributed by atoms with Gasteiger partial charge in [0.1, 0.15) is 17.6 Å². The maximum Gasteiger partial charge on any atom is 0.235 e. The molecule has 1 atom stereocenters. The smallest absolute Gasteiger partial charge is 0.235 e. The zero-order valence-electron chi connectivity index (χ0n) is 11.8. The summed E-state index contributed by atoms with van der Waals surface area (Å²) < 4.78 is 12.8. The van der Waals surface area contributed by atoms with Crippen LogP contribution in [-0.2, 0) is 4.74 Å². The van der Waals surface area contributed by atoms with Crippen molar-refractivity contribution in [2.75, 3.05) is 6.61 Å². The molecule has 0 spiro atoms. The summed E-state index contributed by atoms with van der Waals surface area (Å²) in [7, 11) is 0. The number of aromatic nitrogens is 5. The maximum atomic E-state index is 5.66. The molecule has 4 rings (SSSR count). The molecule has 0 amide bonds. The standard InChI is InChI=1S/C13H15N5O2S/c1-7(2)10-6-8(17-20-10)12-16-18-11(9-4-3-5-19-9)14-15-13(18)21-12/h6-7,9H,3-5H2,1-2H3. The fourth-order valence-electron chi connectivity index (χ4n) is 2.38. The van der Waals surface area contributed by atoms with Crippen molar-refractivity contribution in [3.8, 4) is 10.7 Å². The van der Waals surface area contributed by atoms with Crippen molar-refractivity contribution in [1.82, 2.24) is 25.0 Å². The van der Waals surface area contributed by atoms with Gasteiger partial charge in [-0.25, -0.2) is 0 Å². The van der Waals surface area contributed by atoms with Crippen LogP contribution in [0.15, 0.2) is 10.6 Å². The predicted molar refractivity (Wildman–Crippen MR) is 76.2 cm³/mol. The van der Waals surface area contributed by atoms with E-state index in [-0.39, 0.29) is 6.10 Å². The summed E-state index contributed by atoms with van der Waals surface area (Å²) in [5, 5.41) is 17.8. The first-order valence-corrected chi connectivity index (χ1v) is 7.85. The topological polar surface area (TPSA) is 78.3 Å². The molecule has 1 fully saturated rings. The van der Waals surface area contributed by atoms with Gasteiger partial charge >= 0.3 is 0 Å². The van der Waals surface area contributed by atoms with Crippen molar-refractivity contribution in [1.29, 1.82) is 0 Å². The van der Waals surface area contributed by atoms with Gasteiger partial charge in [0, 0.05) is 18.6 Å². The van der Waals surface area contributed by atoms with Gasteiger partial charge in [0.2, 0.25) is 4.96 Å². The van der Waals surface area contributed by atoms with E-state index in [0.717, 1.165) is 46.7 Å². The molecular formula is C13H15N5O2S. The van der Waals surface area contributed by atoms with Crippen molar-refractivity contribution >= 4 is 16.3 Å². The fourth-order valence-corrected chi connectivity index (χ4v) is 3.18. The summed E-state index contributed by atoms with van der Waals surface area (Å²) in [5.41, 5.74) is 0.743. The van der Waals surface area contributed by atoms with Crippen molar-refractivity contribution in [3.63, 3.8) is 0 Å². The molecule has 0 N–H and O–H groups in total. The lowest BCUT2D eigenvalue weighted by Gasteiger charge is -2.03. The van der Waals surface area contributed by atoms with E-state index in [0.29, 0.717) is 5.92 Å². The van der Waals surface area contributed by atoms with Crippen molar-refractivity contribution < 1.29 is 9.26 Å². The maximum absolute atomic E-state index is 5.66. The van der Waals surface area contributed by atoms with E-state index in [1.165, 1.54) is 11.3 Å². The van der Waals surface area contributed by atoms with E-state index >= 15 is 0 Å². The minimum Gasteiger partial charge on any atom is -0.370 e. The molecule has 0 aromatic carbocycles. The molecule has 3 aromatic heterocycles. The Hall–Kier alpha value is -1.80. The molecule has 8 heteroatoms. The quantitative estimate of drug-likeness (QED) is 0.740. The van der Waals surface area contributed by atoms with Crippen LogP contribution in [0.3, 0.4) is 0 Å². The van der Waals surface area contributed by atoms with Crippen LogP contribution in [-0.4, -0.2) is 31.6 Å². The van der Waals surface area contributed by atoms with E-state index in [4.69, 9.17) is 9.26 Å². The summed E-state index contributed by atoms with van der Waals surface area (Å²) in [4.78, 5) is 0.754. The van der Waals surface area contributed by atoms with Gasteiger partial charge in [0.15, 0.2) is 10.8 Å². The molecule has 1 aliphatic rings. The van der Waals surface area contributed by atoms with E-state index in [2.05, 4.69) is 34.3 Å². The first-order valence-electron chi connectivity index (χ1n) is 7.03. The molecule has 7 nitrogen and oxygen atoms in total. The lowest BCUT2D eigenvalue weighted by Crippen LogP contribution is -2.03. The number of nitrogens with zero attached hydrogens (tertiary/aromatic N) is 5. The molecule has 0 radical (unpaired) electrons. The molecule has 1 unspecified atom stereocenters. The second-order valence-corrected chi connectivity index (χ2v) is 6.39. The first kappa shape index (κ1) is 12.9. The molecule has 1 aliphatic heterocycles. The van der Waals surface area contributed by atoms with Gasteiger partial charge < -0.3 is 9.26 Å². The molecule has 110 valence electrons. The molecule has 0 bridgehead atoms. The van der Waals surface area contributed by atoms with Crippen LogP contribution in [0.1, 0.15) is 50.3 Å². The molecular weight excluding hydrogens is 290 g/mol. The van der Waals surface area contributed by atoms with Gasteiger partial charge in [0.25, 0.3) is 0 Å². The molecule has 0 saturated carbocycles. The Morgan fingerprint density at radius 3 is 3.00 bits per heavy atom. The number of hydrogen-bond acceptors (Lipinski definition) is 7. The van der Waals surface area contributed by atoms with Crippen molar-refractivity contribution in [2.24, 2.45) is 0 Å². The van der Waals surface area contributed by atoms with Crippen LogP contribution in [0.2, 0.25) is 0 Å². The van der Waals surface area contributed by atoms with E-state index in [1.54, 1.807) is 4.52 Å². The second kappa shape index (κ2) is 4.88. The fraction of sp³-hybridized carbons (Fsp3) is 0.538. The summed E-state index contributed by atoms with van der Waals surface area (Å²) in [6, 6.07) is 1.93. The van der Waals surface area contributed by atoms with Crippen LogP contribution < -0.4 is 0 Å². The second-order valence-electron chi connectivity index (χ2n) is 5.43. The monoisotopic (exact) mass is 305 g/mol. The van der Waals surface area contributed by atoms with Crippen LogP contribution in [0, 0.1) is 0 Å². The third-order valence-corrected chi connectivity index (χ3v) is 4.47. The summed E-state index contributed by atoms with van der Waals surface area (Å²) >= 11 is 1.46. The summed E-state index contributed by atoms with van der Waals surface area (Å²) in [6.07, 6.45) is 2.02. The summed E-state index contributed by atoms with van der Waals surface area (Å²) in [5.74, 6) is 1.94. The van der Waals surface area contributed by atoms with Gasteiger partial charge in [-0.1, -0.05) is 30.3 Å². The molecule has 4 heterocycles. The highest BCUT2D eigenvalue weighted by Gasteiger charge is 2.25. The Morgan fingerprint density at radius 1 is 1.38 bits per heavy atom. The highest BCUT2D eigenvalue weighted by atomic mass is 32.1. The lowest BCUT2D eigenvalue weighted by molar-refractivity contribution is 0.103. The zero-order valence-corrected chi connectivity index (χ0v) is 12.6. The SMILES string of the molecule is CC(C)c1cc(-c2nn3c(C4CCCO4)nnc3s2)no1. The normalized spacial score (nSPS) is 19.1. The third-order valence-electron chi connectivity index (χ3n) is 3.55. The van der Waals surface area contributed by atoms with E-state index < -0.39 is 0 Å². The summed E-state index contributed by atoms with van der Waals surface area (Å²) in [6.45, 7) is 4.91. The van der Waals surface area contributed by atoms with Gasteiger partial charge in [-0.15, -0.1) is 10.2 Å². The predicted octanol–water partition coefficient (Wildman–Crippen LogP) is 2.82. The van der Waals surface area contributed by atoms with Crippen LogP contribution in [0.25, 0.3) is 15.7 Å².